The lowest BCUT2D eigenvalue weighted by Gasteiger charge is -2.12. The molecular weight excluding hydrogens is 355 g/mol. The van der Waals surface area contributed by atoms with Crippen molar-refractivity contribution in [3.8, 4) is 5.75 Å². The highest BCUT2D eigenvalue weighted by atomic mass is 79.9. The Morgan fingerprint density at radius 3 is 2.79 bits per heavy atom. The van der Waals surface area contributed by atoms with Crippen LogP contribution >= 0.6 is 39.9 Å². The number of carbonyl (C=O) groups is 1. The van der Waals surface area contributed by atoms with E-state index in [4.69, 9.17) is 16.3 Å². The zero-order valence-electron chi connectivity index (χ0n) is 10.7. The van der Waals surface area contributed by atoms with Crippen molar-refractivity contribution in [1.29, 1.82) is 0 Å². The molecule has 0 aromatic heterocycles. The molecule has 0 radical (unpaired) electrons. The molecule has 2 N–H and O–H groups in total. The summed E-state index contributed by atoms with van der Waals surface area (Å²) < 4.78 is 6.20. The lowest BCUT2D eigenvalue weighted by Crippen LogP contribution is -2.39. The maximum absolute atomic E-state index is 11.5. The van der Waals surface area contributed by atoms with E-state index in [9.17, 15) is 4.79 Å². The Bertz CT molecular complexity index is 419. The average molecular weight is 372 g/mol. The zero-order valence-corrected chi connectivity index (χ0v) is 13.9. The molecular formula is C12H17BrCl2N2O2. The van der Waals surface area contributed by atoms with E-state index in [-0.39, 0.29) is 31.0 Å². The molecule has 1 amide bonds. The number of benzene rings is 1. The van der Waals surface area contributed by atoms with Gasteiger partial charge in [0.25, 0.3) is 5.91 Å². The van der Waals surface area contributed by atoms with E-state index < -0.39 is 0 Å². The maximum atomic E-state index is 11.5. The van der Waals surface area contributed by atoms with Crippen LogP contribution < -0.4 is 15.4 Å². The fourth-order valence-corrected chi connectivity index (χ4v) is 1.88. The number of rotatable bonds is 6. The Morgan fingerprint density at radius 1 is 1.53 bits per heavy atom. The average Bonchev–Trinajstić information content (AvgIpc) is 2.34. The van der Waals surface area contributed by atoms with Crippen LogP contribution in [0.4, 0.5) is 0 Å². The molecule has 4 nitrogen and oxygen atoms in total. The van der Waals surface area contributed by atoms with E-state index in [2.05, 4.69) is 26.6 Å². The maximum Gasteiger partial charge on any atom is 0.257 e. The van der Waals surface area contributed by atoms with Crippen molar-refractivity contribution in [1.82, 2.24) is 10.6 Å². The Morgan fingerprint density at radius 2 is 2.21 bits per heavy atom. The fourth-order valence-electron chi connectivity index (χ4n) is 1.16. The largest absolute Gasteiger partial charge is 0.482 e. The summed E-state index contributed by atoms with van der Waals surface area (Å²) in [6.45, 7) is 2.50. The molecule has 0 saturated heterocycles. The number of ether oxygens (including phenoxy) is 1. The standard InChI is InChI=1S/C12H16BrClN2O2.ClH/c1-8(15-2)6-16-12(17)7-18-11-4-3-9(13)5-10(11)14;/h3-5,8,15H,6-7H2,1-2H3,(H,16,17);1H. The van der Waals surface area contributed by atoms with Gasteiger partial charge in [-0.1, -0.05) is 27.5 Å². The monoisotopic (exact) mass is 370 g/mol. The minimum Gasteiger partial charge on any atom is -0.482 e. The van der Waals surface area contributed by atoms with E-state index in [1.807, 2.05) is 20.0 Å². The summed E-state index contributed by atoms with van der Waals surface area (Å²) in [4.78, 5) is 11.5. The Balaban J connectivity index is 0.00000324. The Hall–Kier alpha value is -0.490. The second kappa shape index (κ2) is 9.42. The summed E-state index contributed by atoms with van der Waals surface area (Å²) in [6, 6.07) is 5.47. The van der Waals surface area contributed by atoms with E-state index in [1.165, 1.54) is 0 Å². The lowest BCUT2D eigenvalue weighted by molar-refractivity contribution is -0.123. The molecule has 0 spiro atoms. The van der Waals surface area contributed by atoms with Crippen LogP contribution in [0.2, 0.25) is 5.02 Å². The van der Waals surface area contributed by atoms with E-state index in [1.54, 1.807) is 12.1 Å². The van der Waals surface area contributed by atoms with Gasteiger partial charge < -0.3 is 15.4 Å². The van der Waals surface area contributed by atoms with Crippen molar-refractivity contribution in [2.24, 2.45) is 0 Å². The molecule has 0 aliphatic rings. The van der Waals surface area contributed by atoms with Gasteiger partial charge in [-0.05, 0) is 32.2 Å². The molecule has 108 valence electrons. The minimum atomic E-state index is -0.170. The molecule has 1 rings (SSSR count). The second-order valence-corrected chi connectivity index (χ2v) is 5.18. The number of carbonyl (C=O) groups excluding carboxylic acids is 1. The van der Waals surface area contributed by atoms with E-state index in [0.29, 0.717) is 17.3 Å². The summed E-state index contributed by atoms with van der Waals surface area (Å²) in [6.07, 6.45) is 0. The number of hydrogen-bond donors (Lipinski definition) is 2. The van der Waals surface area contributed by atoms with Gasteiger partial charge in [0.1, 0.15) is 5.75 Å². The predicted octanol–water partition coefficient (Wildman–Crippen LogP) is 2.63. The molecule has 1 atom stereocenters. The molecule has 19 heavy (non-hydrogen) atoms. The van der Waals surface area contributed by atoms with Crippen LogP contribution in [0.3, 0.4) is 0 Å². The molecule has 1 unspecified atom stereocenters. The third-order valence-corrected chi connectivity index (χ3v) is 3.14. The number of amides is 1. The number of hydrogen-bond acceptors (Lipinski definition) is 3. The van der Waals surface area contributed by atoms with Gasteiger partial charge in [-0.3, -0.25) is 4.79 Å². The first-order valence-electron chi connectivity index (χ1n) is 5.54. The van der Waals surface area contributed by atoms with Gasteiger partial charge in [0.2, 0.25) is 0 Å². The van der Waals surface area contributed by atoms with Crippen molar-refractivity contribution in [2.45, 2.75) is 13.0 Å². The number of likely N-dealkylation sites (N-methyl/N-ethyl adjacent to an activating group) is 1. The lowest BCUT2D eigenvalue weighted by atomic mass is 10.3. The highest BCUT2D eigenvalue weighted by Gasteiger charge is 2.07. The van der Waals surface area contributed by atoms with Crippen LogP contribution in [0.5, 0.6) is 5.75 Å². The first-order chi connectivity index (χ1) is 8.52. The van der Waals surface area contributed by atoms with E-state index >= 15 is 0 Å². The normalized spacial score (nSPS) is 11.4. The van der Waals surface area contributed by atoms with Crippen LogP contribution in [0, 0.1) is 0 Å². The summed E-state index contributed by atoms with van der Waals surface area (Å²) in [5.41, 5.74) is 0. The van der Waals surface area contributed by atoms with Crippen molar-refractivity contribution in [3.63, 3.8) is 0 Å². The van der Waals surface area contributed by atoms with Gasteiger partial charge in [-0.25, -0.2) is 0 Å². The molecule has 0 fully saturated rings. The molecule has 0 saturated carbocycles. The van der Waals surface area contributed by atoms with Gasteiger partial charge in [0.05, 0.1) is 5.02 Å². The predicted molar refractivity (Wildman–Crippen MR) is 83.4 cm³/mol. The number of nitrogens with one attached hydrogen (secondary N) is 2. The van der Waals surface area contributed by atoms with Gasteiger partial charge >= 0.3 is 0 Å². The van der Waals surface area contributed by atoms with E-state index in [0.717, 1.165) is 4.47 Å². The van der Waals surface area contributed by atoms with Gasteiger partial charge in [-0.2, -0.15) is 0 Å². The van der Waals surface area contributed by atoms with Crippen LogP contribution in [-0.2, 0) is 4.79 Å². The smallest absolute Gasteiger partial charge is 0.257 e. The third-order valence-electron chi connectivity index (χ3n) is 2.35. The fraction of sp³-hybridized carbons (Fsp3) is 0.417. The van der Waals surface area contributed by atoms with Crippen LogP contribution in [0.1, 0.15) is 6.92 Å². The molecule has 1 aromatic rings. The van der Waals surface area contributed by atoms with Crippen molar-refractivity contribution in [3.05, 3.63) is 27.7 Å². The first-order valence-corrected chi connectivity index (χ1v) is 6.72. The van der Waals surface area contributed by atoms with Crippen molar-refractivity contribution >= 4 is 45.8 Å². The van der Waals surface area contributed by atoms with Gasteiger partial charge in [0, 0.05) is 17.1 Å². The topological polar surface area (TPSA) is 50.4 Å². The quantitative estimate of drug-likeness (QED) is 0.808. The highest BCUT2D eigenvalue weighted by Crippen LogP contribution is 2.27. The zero-order chi connectivity index (χ0) is 13.5. The molecule has 0 bridgehead atoms. The molecule has 7 heteroatoms. The van der Waals surface area contributed by atoms with Crippen LogP contribution in [0.15, 0.2) is 22.7 Å². The molecule has 0 aliphatic carbocycles. The molecule has 0 aliphatic heterocycles. The minimum absolute atomic E-state index is 0. The summed E-state index contributed by atoms with van der Waals surface area (Å²) >= 11 is 9.27. The Kier molecular flexibility index (Phi) is 9.18. The molecule has 0 heterocycles. The number of halogens is 3. The third kappa shape index (κ3) is 7.01. The summed E-state index contributed by atoms with van der Waals surface area (Å²) in [5.74, 6) is 0.327. The Labute approximate surface area is 132 Å². The van der Waals surface area contributed by atoms with Gasteiger partial charge in [0.15, 0.2) is 6.61 Å². The first kappa shape index (κ1) is 18.5. The van der Waals surface area contributed by atoms with Crippen molar-refractivity contribution < 1.29 is 9.53 Å². The highest BCUT2D eigenvalue weighted by molar-refractivity contribution is 9.10. The molecule has 1 aromatic carbocycles. The SMILES string of the molecule is CNC(C)CNC(=O)COc1ccc(Br)cc1Cl.Cl. The van der Waals surface area contributed by atoms with Crippen molar-refractivity contribution in [2.75, 3.05) is 20.2 Å². The second-order valence-electron chi connectivity index (χ2n) is 3.86. The van der Waals surface area contributed by atoms with Crippen LogP contribution in [0.25, 0.3) is 0 Å². The summed E-state index contributed by atoms with van der Waals surface area (Å²) in [7, 11) is 1.84. The van der Waals surface area contributed by atoms with Crippen LogP contribution in [-0.4, -0.2) is 32.1 Å². The van der Waals surface area contributed by atoms with Gasteiger partial charge in [-0.15, -0.1) is 12.4 Å². The summed E-state index contributed by atoms with van der Waals surface area (Å²) in [5, 5.41) is 6.26.